The Morgan fingerprint density at radius 3 is 2.45 bits per heavy atom. The van der Waals surface area contributed by atoms with Crippen LogP contribution in [-0.4, -0.2) is 21.4 Å². The highest BCUT2D eigenvalue weighted by molar-refractivity contribution is 5.98. The molecule has 2 aromatic rings. The molecule has 0 amide bonds. The average Bonchev–Trinajstić information content (AvgIpc) is 2.84. The van der Waals surface area contributed by atoms with Gasteiger partial charge in [-0.25, -0.2) is 0 Å². The monoisotopic (exact) mass is 299 g/mol. The predicted molar refractivity (Wildman–Crippen MR) is 85.3 cm³/mol. The summed E-state index contributed by atoms with van der Waals surface area (Å²) in [7, 11) is 2.00. The highest BCUT2D eigenvalue weighted by atomic mass is 16.4. The minimum Gasteiger partial charge on any atom is -0.481 e. The van der Waals surface area contributed by atoms with Gasteiger partial charge in [0.1, 0.15) is 0 Å². The van der Waals surface area contributed by atoms with Gasteiger partial charge in [0.15, 0.2) is 5.78 Å². The third-order valence-electron chi connectivity index (χ3n) is 4.94. The third-order valence-corrected chi connectivity index (χ3v) is 4.94. The minimum absolute atomic E-state index is 0.0756. The normalized spacial score (nSPS) is 21.9. The van der Waals surface area contributed by atoms with E-state index in [2.05, 4.69) is 10.8 Å². The number of aromatic nitrogens is 1. The number of hydrogen-bond donors (Lipinski definition) is 1. The number of ketones is 1. The van der Waals surface area contributed by atoms with Crippen LogP contribution in [0.3, 0.4) is 0 Å². The second-order valence-electron chi connectivity index (χ2n) is 6.37. The fourth-order valence-electron chi connectivity index (χ4n) is 3.61. The van der Waals surface area contributed by atoms with Crippen molar-refractivity contribution in [1.29, 1.82) is 0 Å². The van der Waals surface area contributed by atoms with Crippen LogP contribution in [-0.2, 0) is 11.8 Å². The lowest BCUT2D eigenvalue weighted by molar-refractivity contribution is -0.142. The molecule has 4 heteroatoms. The maximum absolute atomic E-state index is 11.5. The van der Waals surface area contributed by atoms with Gasteiger partial charge in [-0.05, 0) is 50.2 Å². The lowest BCUT2D eigenvalue weighted by Crippen LogP contribution is -2.20. The molecule has 1 aliphatic rings. The molecule has 0 saturated heterocycles. The van der Waals surface area contributed by atoms with Crippen molar-refractivity contribution in [2.45, 2.75) is 38.5 Å². The van der Waals surface area contributed by atoms with Crippen molar-refractivity contribution in [3.05, 3.63) is 35.5 Å². The van der Waals surface area contributed by atoms with E-state index < -0.39 is 5.97 Å². The number of hydrogen-bond acceptors (Lipinski definition) is 2. The van der Waals surface area contributed by atoms with Crippen LogP contribution >= 0.6 is 0 Å². The zero-order valence-corrected chi connectivity index (χ0v) is 13.0. The third kappa shape index (κ3) is 2.54. The van der Waals surface area contributed by atoms with E-state index in [1.54, 1.807) is 6.92 Å². The van der Waals surface area contributed by atoms with E-state index in [9.17, 15) is 9.59 Å². The molecule has 22 heavy (non-hydrogen) atoms. The number of aliphatic carboxylic acids is 1. The molecule has 0 aliphatic heterocycles. The van der Waals surface area contributed by atoms with E-state index in [0.717, 1.165) is 36.8 Å². The van der Waals surface area contributed by atoms with Crippen molar-refractivity contribution in [2.75, 3.05) is 0 Å². The molecule has 1 fully saturated rings. The molecule has 4 nitrogen and oxygen atoms in total. The Kier molecular flexibility index (Phi) is 3.77. The number of nitrogens with zero attached hydrogens (tertiary/aromatic N) is 1. The average molecular weight is 299 g/mol. The van der Waals surface area contributed by atoms with Crippen molar-refractivity contribution < 1.29 is 14.7 Å². The van der Waals surface area contributed by atoms with Gasteiger partial charge in [0.25, 0.3) is 0 Å². The van der Waals surface area contributed by atoms with Crippen LogP contribution in [0.25, 0.3) is 10.9 Å². The number of carbonyl (C=O) groups excluding carboxylic acids is 1. The summed E-state index contributed by atoms with van der Waals surface area (Å²) in [6.45, 7) is 1.58. The van der Waals surface area contributed by atoms with Crippen molar-refractivity contribution >= 4 is 22.7 Å². The lowest BCUT2D eigenvalue weighted by Gasteiger charge is -2.25. The standard InChI is InChI=1S/C18H21NO3/c1-11(20)14-7-8-15-16(10-19(2)17(15)9-14)12-3-5-13(6-4-12)18(21)22/h7-10,12-13H,3-6H2,1-2H3,(H,21,22). The van der Waals surface area contributed by atoms with Gasteiger partial charge in [-0.1, -0.05) is 12.1 Å². The number of rotatable bonds is 3. The van der Waals surface area contributed by atoms with Crippen LogP contribution in [0.5, 0.6) is 0 Å². The number of carboxylic acids is 1. The molecule has 1 N–H and O–H groups in total. The predicted octanol–water partition coefficient (Wildman–Crippen LogP) is 3.74. The molecule has 0 spiro atoms. The number of carboxylic acid groups (broad SMARTS) is 1. The summed E-state index contributed by atoms with van der Waals surface area (Å²) >= 11 is 0. The van der Waals surface area contributed by atoms with E-state index in [1.807, 2.05) is 25.2 Å². The summed E-state index contributed by atoms with van der Waals surface area (Å²) in [5.41, 5.74) is 3.09. The summed E-state index contributed by atoms with van der Waals surface area (Å²) in [6, 6.07) is 5.87. The van der Waals surface area contributed by atoms with Crippen LogP contribution in [0, 0.1) is 5.92 Å². The molecule has 0 radical (unpaired) electrons. The molecule has 1 heterocycles. The van der Waals surface area contributed by atoms with Crippen LogP contribution in [0.1, 0.15) is 54.4 Å². The SMILES string of the molecule is CC(=O)c1ccc2c(C3CCC(C(=O)O)CC3)cn(C)c2c1. The fraction of sp³-hybridized carbons (Fsp3) is 0.444. The van der Waals surface area contributed by atoms with Crippen molar-refractivity contribution in [3.63, 3.8) is 0 Å². The smallest absolute Gasteiger partial charge is 0.306 e. The first kappa shape index (κ1) is 14.8. The summed E-state index contributed by atoms with van der Waals surface area (Å²) in [4.78, 5) is 22.6. The molecule has 0 unspecified atom stereocenters. The Morgan fingerprint density at radius 1 is 1.18 bits per heavy atom. The first-order chi connectivity index (χ1) is 10.5. The highest BCUT2D eigenvalue weighted by Gasteiger charge is 2.28. The molecule has 1 aliphatic carbocycles. The number of carbonyl (C=O) groups is 2. The summed E-state index contributed by atoms with van der Waals surface area (Å²) in [5, 5.41) is 10.3. The van der Waals surface area contributed by atoms with Crippen LogP contribution in [0.2, 0.25) is 0 Å². The van der Waals surface area contributed by atoms with E-state index in [1.165, 1.54) is 10.9 Å². The van der Waals surface area contributed by atoms with Crippen molar-refractivity contribution in [3.8, 4) is 0 Å². The Hall–Kier alpha value is -2.10. The highest BCUT2D eigenvalue weighted by Crippen LogP contribution is 2.39. The largest absolute Gasteiger partial charge is 0.481 e. The quantitative estimate of drug-likeness (QED) is 0.878. The number of benzene rings is 1. The first-order valence-electron chi connectivity index (χ1n) is 7.80. The number of aryl methyl sites for hydroxylation is 1. The zero-order chi connectivity index (χ0) is 15.9. The minimum atomic E-state index is -0.664. The van der Waals surface area contributed by atoms with Gasteiger partial charge in [-0.15, -0.1) is 0 Å². The second-order valence-corrected chi connectivity index (χ2v) is 6.37. The maximum Gasteiger partial charge on any atom is 0.306 e. The second kappa shape index (κ2) is 5.59. The summed E-state index contributed by atoms with van der Waals surface area (Å²) in [5.74, 6) is -0.355. The van der Waals surface area contributed by atoms with Gasteiger partial charge in [-0.2, -0.15) is 0 Å². The van der Waals surface area contributed by atoms with E-state index in [4.69, 9.17) is 5.11 Å². The van der Waals surface area contributed by atoms with Crippen LogP contribution < -0.4 is 0 Å². The Bertz CT molecular complexity index is 736. The zero-order valence-electron chi connectivity index (χ0n) is 13.0. The Morgan fingerprint density at radius 2 is 1.86 bits per heavy atom. The molecule has 3 rings (SSSR count). The number of Topliss-reactive ketones (excluding diaryl/α,β-unsaturated/α-hetero) is 1. The van der Waals surface area contributed by atoms with E-state index in [-0.39, 0.29) is 11.7 Å². The van der Waals surface area contributed by atoms with Crippen molar-refractivity contribution in [2.24, 2.45) is 13.0 Å². The van der Waals surface area contributed by atoms with Gasteiger partial charge in [0.2, 0.25) is 0 Å². The van der Waals surface area contributed by atoms with Crippen molar-refractivity contribution in [1.82, 2.24) is 4.57 Å². The number of fused-ring (bicyclic) bond motifs is 1. The summed E-state index contributed by atoms with van der Waals surface area (Å²) < 4.78 is 2.07. The van der Waals surface area contributed by atoms with Gasteiger partial charge in [0.05, 0.1) is 5.92 Å². The van der Waals surface area contributed by atoms with E-state index in [0.29, 0.717) is 5.92 Å². The first-order valence-corrected chi connectivity index (χ1v) is 7.80. The van der Waals surface area contributed by atoms with Gasteiger partial charge in [0, 0.05) is 29.7 Å². The molecule has 1 aromatic heterocycles. The van der Waals surface area contributed by atoms with E-state index >= 15 is 0 Å². The van der Waals surface area contributed by atoms with Gasteiger partial charge < -0.3 is 9.67 Å². The summed E-state index contributed by atoms with van der Waals surface area (Å²) in [6.07, 6.45) is 5.49. The lowest BCUT2D eigenvalue weighted by atomic mass is 9.78. The van der Waals surface area contributed by atoms with Gasteiger partial charge >= 0.3 is 5.97 Å². The molecule has 0 atom stereocenters. The Balaban J connectivity index is 1.92. The van der Waals surface area contributed by atoms with Crippen LogP contribution in [0.15, 0.2) is 24.4 Å². The Labute approximate surface area is 129 Å². The molecule has 116 valence electrons. The van der Waals surface area contributed by atoms with Gasteiger partial charge in [-0.3, -0.25) is 9.59 Å². The molecular weight excluding hydrogens is 278 g/mol. The topological polar surface area (TPSA) is 59.3 Å². The fourth-order valence-corrected chi connectivity index (χ4v) is 3.61. The van der Waals surface area contributed by atoms with Crippen LogP contribution in [0.4, 0.5) is 0 Å². The molecule has 1 aromatic carbocycles. The molecular formula is C18H21NO3. The molecule has 0 bridgehead atoms. The maximum atomic E-state index is 11.5. The molecule has 1 saturated carbocycles.